The van der Waals surface area contributed by atoms with Crippen molar-refractivity contribution in [3.8, 4) is 0 Å². The Kier molecular flexibility index (Phi) is 6.40. The number of aromatic amines is 1. The first kappa shape index (κ1) is 23.8. The number of amides is 1. The van der Waals surface area contributed by atoms with E-state index in [2.05, 4.69) is 37.5 Å². The molecular formula is C24H29ClN6O3. The fourth-order valence-corrected chi connectivity index (χ4v) is 4.29. The van der Waals surface area contributed by atoms with E-state index in [4.69, 9.17) is 16.3 Å². The number of hydrogen-bond donors (Lipinski definition) is 2. The zero-order chi connectivity index (χ0) is 24.6. The molecule has 0 unspecified atom stereocenters. The molecule has 0 bridgehead atoms. The van der Waals surface area contributed by atoms with Crippen LogP contribution in [-0.2, 0) is 4.74 Å². The molecule has 34 heavy (non-hydrogen) atoms. The van der Waals surface area contributed by atoms with E-state index >= 15 is 0 Å². The first-order valence-corrected chi connectivity index (χ1v) is 11.5. The maximum atomic E-state index is 12.4. The number of aryl methyl sites for hydroxylation is 2. The third kappa shape index (κ3) is 5.09. The minimum Gasteiger partial charge on any atom is -0.444 e. The fraction of sp³-hybridized carbons (Fsp3) is 0.417. The van der Waals surface area contributed by atoms with Crippen LogP contribution in [0.5, 0.6) is 0 Å². The standard InChI is InChI=1S/C24H29ClN6O3/c1-14-10-17(30-6-8-31(9-7-30)23(33)34-24(3,4)5)11-15(2)20(14)28-21-19-16(12-18(25)27-21)13-26-29-22(19)32/h10-13H,6-9H2,1-5H3,(H,27,28)(H,29,32). The van der Waals surface area contributed by atoms with Crippen molar-refractivity contribution in [1.29, 1.82) is 0 Å². The van der Waals surface area contributed by atoms with Crippen LogP contribution < -0.4 is 15.8 Å². The molecule has 3 aromatic rings. The van der Waals surface area contributed by atoms with E-state index in [9.17, 15) is 9.59 Å². The Bertz CT molecular complexity index is 1270. The Balaban J connectivity index is 1.54. The Morgan fingerprint density at radius 2 is 1.76 bits per heavy atom. The molecule has 0 radical (unpaired) electrons. The number of pyridine rings is 1. The van der Waals surface area contributed by atoms with E-state index < -0.39 is 5.60 Å². The van der Waals surface area contributed by atoms with E-state index in [1.165, 1.54) is 0 Å². The van der Waals surface area contributed by atoms with Crippen molar-refractivity contribution in [2.45, 2.75) is 40.2 Å². The highest BCUT2D eigenvalue weighted by Gasteiger charge is 2.26. The number of benzene rings is 1. The maximum Gasteiger partial charge on any atom is 0.410 e. The zero-order valence-corrected chi connectivity index (χ0v) is 20.8. The molecule has 1 saturated heterocycles. The van der Waals surface area contributed by atoms with Crippen LogP contribution in [0, 0.1) is 13.8 Å². The van der Waals surface area contributed by atoms with Gasteiger partial charge < -0.3 is 19.9 Å². The molecule has 2 N–H and O–H groups in total. The number of nitrogens with one attached hydrogen (secondary N) is 2. The second-order valence-corrected chi connectivity index (χ2v) is 9.88. The zero-order valence-electron chi connectivity index (χ0n) is 20.0. The van der Waals surface area contributed by atoms with E-state index in [0.29, 0.717) is 42.8 Å². The summed E-state index contributed by atoms with van der Waals surface area (Å²) in [5.41, 5.74) is 3.11. The van der Waals surface area contributed by atoms with Gasteiger partial charge in [-0.3, -0.25) is 4.79 Å². The molecule has 1 aliphatic rings. The van der Waals surface area contributed by atoms with Crippen molar-refractivity contribution in [2.24, 2.45) is 0 Å². The molecule has 1 aromatic carbocycles. The monoisotopic (exact) mass is 484 g/mol. The Morgan fingerprint density at radius 3 is 2.38 bits per heavy atom. The van der Waals surface area contributed by atoms with Crippen LogP contribution in [0.15, 0.2) is 29.2 Å². The molecule has 1 amide bonds. The average molecular weight is 485 g/mol. The van der Waals surface area contributed by atoms with Gasteiger partial charge in [-0.05, 0) is 63.9 Å². The van der Waals surface area contributed by atoms with Gasteiger partial charge in [-0.25, -0.2) is 14.9 Å². The van der Waals surface area contributed by atoms with Crippen LogP contribution in [-0.4, -0.2) is 58.0 Å². The molecular weight excluding hydrogens is 456 g/mol. The number of aromatic nitrogens is 3. The number of carbonyl (C=O) groups is 1. The molecule has 3 heterocycles. The summed E-state index contributed by atoms with van der Waals surface area (Å²) >= 11 is 6.18. The second kappa shape index (κ2) is 9.13. The maximum absolute atomic E-state index is 12.4. The van der Waals surface area contributed by atoms with Crippen molar-refractivity contribution in [1.82, 2.24) is 20.1 Å². The number of hydrogen-bond acceptors (Lipinski definition) is 7. The highest BCUT2D eigenvalue weighted by Crippen LogP contribution is 2.32. The summed E-state index contributed by atoms with van der Waals surface area (Å²) in [6.45, 7) is 12.3. The van der Waals surface area contributed by atoms with Crippen LogP contribution in [0.1, 0.15) is 31.9 Å². The summed E-state index contributed by atoms with van der Waals surface area (Å²) in [5.74, 6) is 0.385. The number of anilines is 3. The molecule has 180 valence electrons. The number of H-pyrrole nitrogens is 1. The summed E-state index contributed by atoms with van der Waals surface area (Å²) in [5, 5.41) is 10.9. The molecule has 9 nitrogen and oxygen atoms in total. The molecule has 0 atom stereocenters. The van der Waals surface area contributed by atoms with Crippen molar-refractivity contribution in [2.75, 3.05) is 36.4 Å². The van der Waals surface area contributed by atoms with Gasteiger partial charge in [0.2, 0.25) is 0 Å². The third-order valence-corrected chi connectivity index (χ3v) is 5.87. The van der Waals surface area contributed by atoms with Gasteiger partial charge in [0.1, 0.15) is 16.6 Å². The lowest BCUT2D eigenvalue weighted by atomic mass is 10.1. The number of fused-ring (bicyclic) bond motifs is 1. The first-order valence-electron chi connectivity index (χ1n) is 11.2. The minimum absolute atomic E-state index is 0.273. The van der Waals surface area contributed by atoms with Gasteiger partial charge in [-0.15, -0.1) is 0 Å². The lowest BCUT2D eigenvalue weighted by Crippen LogP contribution is -2.50. The van der Waals surface area contributed by atoms with Crippen LogP contribution in [0.25, 0.3) is 10.8 Å². The second-order valence-electron chi connectivity index (χ2n) is 9.49. The highest BCUT2D eigenvalue weighted by molar-refractivity contribution is 6.30. The normalized spacial score (nSPS) is 14.4. The van der Waals surface area contributed by atoms with Gasteiger partial charge >= 0.3 is 6.09 Å². The molecule has 1 aliphatic heterocycles. The van der Waals surface area contributed by atoms with Gasteiger partial charge in [0.05, 0.1) is 11.6 Å². The summed E-state index contributed by atoms with van der Waals surface area (Å²) in [7, 11) is 0. The summed E-state index contributed by atoms with van der Waals surface area (Å²) in [6, 6.07) is 5.80. The smallest absolute Gasteiger partial charge is 0.410 e. The predicted molar refractivity (Wildman–Crippen MR) is 134 cm³/mol. The number of piperazine rings is 1. The minimum atomic E-state index is -0.504. The van der Waals surface area contributed by atoms with Crippen molar-refractivity contribution < 1.29 is 9.53 Å². The number of halogens is 1. The fourth-order valence-electron chi connectivity index (χ4n) is 4.09. The van der Waals surface area contributed by atoms with Crippen LogP contribution in [0.3, 0.4) is 0 Å². The van der Waals surface area contributed by atoms with Crippen molar-refractivity contribution >= 4 is 45.7 Å². The van der Waals surface area contributed by atoms with E-state index in [0.717, 1.165) is 22.5 Å². The molecule has 0 aliphatic carbocycles. The number of nitrogens with zero attached hydrogens (tertiary/aromatic N) is 4. The van der Waals surface area contributed by atoms with Gasteiger partial charge in [0.25, 0.3) is 5.56 Å². The number of carbonyl (C=O) groups excluding carboxylic acids is 1. The van der Waals surface area contributed by atoms with E-state index in [-0.39, 0.29) is 16.8 Å². The van der Waals surface area contributed by atoms with E-state index in [1.807, 2.05) is 34.6 Å². The highest BCUT2D eigenvalue weighted by atomic mass is 35.5. The third-order valence-electron chi connectivity index (χ3n) is 5.67. The lowest BCUT2D eigenvalue weighted by molar-refractivity contribution is 0.0240. The van der Waals surface area contributed by atoms with Crippen LogP contribution in [0.4, 0.5) is 22.0 Å². The van der Waals surface area contributed by atoms with Gasteiger partial charge in [-0.2, -0.15) is 5.10 Å². The number of ether oxygens (including phenoxy) is 1. The molecule has 4 rings (SSSR count). The molecule has 0 spiro atoms. The Labute approximate surface area is 203 Å². The topological polar surface area (TPSA) is 103 Å². The lowest BCUT2D eigenvalue weighted by Gasteiger charge is -2.37. The molecule has 2 aromatic heterocycles. The first-order chi connectivity index (χ1) is 16.0. The molecule has 10 heteroatoms. The SMILES string of the molecule is Cc1cc(N2CCN(C(=O)OC(C)(C)C)CC2)cc(C)c1Nc1nc(Cl)cc2cn[nH]c(=O)c12. The van der Waals surface area contributed by atoms with Crippen LogP contribution in [0.2, 0.25) is 5.15 Å². The van der Waals surface area contributed by atoms with Gasteiger partial charge in [0.15, 0.2) is 0 Å². The predicted octanol–water partition coefficient (Wildman–Crippen LogP) is 4.39. The summed E-state index contributed by atoms with van der Waals surface area (Å²) < 4.78 is 5.49. The Hall–Kier alpha value is -3.33. The molecule has 0 saturated carbocycles. The van der Waals surface area contributed by atoms with Crippen LogP contribution >= 0.6 is 11.6 Å². The molecule has 1 fully saturated rings. The summed E-state index contributed by atoms with van der Waals surface area (Å²) in [4.78, 5) is 33.1. The number of rotatable bonds is 3. The Morgan fingerprint density at radius 1 is 1.12 bits per heavy atom. The van der Waals surface area contributed by atoms with Crippen molar-refractivity contribution in [3.63, 3.8) is 0 Å². The average Bonchev–Trinajstić information content (AvgIpc) is 2.74. The van der Waals surface area contributed by atoms with Gasteiger partial charge in [-0.1, -0.05) is 11.6 Å². The van der Waals surface area contributed by atoms with Gasteiger partial charge in [0, 0.05) is 42.9 Å². The van der Waals surface area contributed by atoms with E-state index in [1.54, 1.807) is 17.2 Å². The summed E-state index contributed by atoms with van der Waals surface area (Å²) in [6.07, 6.45) is 1.28. The van der Waals surface area contributed by atoms with Crippen molar-refractivity contribution in [3.05, 3.63) is 51.0 Å². The quantitative estimate of drug-likeness (QED) is 0.531. The largest absolute Gasteiger partial charge is 0.444 e.